The molecule has 4 aliphatic rings. The van der Waals surface area contributed by atoms with Gasteiger partial charge in [-0.2, -0.15) is 31.9 Å². The smallest absolute Gasteiger partial charge is 0.417 e. The van der Waals surface area contributed by atoms with E-state index in [1.54, 1.807) is 88.9 Å². The summed E-state index contributed by atoms with van der Waals surface area (Å²) in [5, 5.41) is 11.1. The highest BCUT2D eigenvalue weighted by molar-refractivity contribution is 7.89. The zero-order chi connectivity index (χ0) is 92.7. The molecule has 3 saturated heterocycles. The van der Waals surface area contributed by atoms with Gasteiger partial charge in [-0.1, -0.05) is 177 Å². The molecule has 129 heavy (non-hydrogen) atoms. The van der Waals surface area contributed by atoms with Gasteiger partial charge in [0.05, 0.1) is 79.2 Å². The van der Waals surface area contributed by atoms with E-state index in [4.69, 9.17) is 47.1 Å². The van der Waals surface area contributed by atoms with Crippen LogP contribution in [0.3, 0.4) is 0 Å². The lowest BCUT2D eigenvalue weighted by Gasteiger charge is -2.45. The van der Waals surface area contributed by atoms with Gasteiger partial charge in [0, 0.05) is 103 Å². The first-order valence-electron chi connectivity index (χ1n) is 44.3. The van der Waals surface area contributed by atoms with Gasteiger partial charge in [0.15, 0.2) is 12.3 Å². The number of hydrogen-bond donors (Lipinski definition) is 4. The zero-order valence-electron chi connectivity index (χ0n) is 76.0. The molecule has 27 nitrogen and oxygen atoms in total. The zero-order valence-corrected chi connectivity index (χ0v) is 77.6. The number of quaternary nitrogens is 1. The number of sulfonamides is 1. The Bertz CT molecular complexity index is 4900. The minimum atomic E-state index is -4.54. The van der Waals surface area contributed by atoms with Crippen LogP contribution in [-0.2, 0) is 123 Å². The number of fused-ring (bicyclic) bond motifs is 1. The molecular formula is C97H128F3N10O17S2+. The molecular weight excluding hydrogens is 1700 g/mol. The Hall–Kier alpha value is -9.49. The van der Waals surface area contributed by atoms with Crippen molar-refractivity contribution in [1.29, 1.82) is 0 Å². The van der Waals surface area contributed by atoms with E-state index in [0.29, 0.717) is 90.1 Å². The van der Waals surface area contributed by atoms with Crippen LogP contribution in [0.1, 0.15) is 156 Å². The van der Waals surface area contributed by atoms with Crippen molar-refractivity contribution in [1.82, 2.24) is 40.3 Å². The molecule has 8 aromatic rings. The van der Waals surface area contributed by atoms with Crippen molar-refractivity contribution in [3.05, 3.63) is 257 Å². The van der Waals surface area contributed by atoms with Crippen LogP contribution in [0.4, 0.5) is 23.7 Å². The molecule has 2 aromatic heterocycles. The number of anilines is 1. The molecule has 3 amide bonds. The summed E-state index contributed by atoms with van der Waals surface area (Å²) < 4.78 is 122. The fourth-order valence-corrected chi connectivity index (χ4v) is 18.3. The van der Waals surface area contributed by atoms with Crippen molar-refractivity contribution in [2.24, 2.45) is 11.8 Å². The van der Waals surface area contributed by atoms with E-state index in [2.05, 4.69) is 66.7 Å². The van der Waals surface area contributed by atoms with Crippen molar-refractivity contribution in [3.63, 3.8) is 0 Å². The topological polar surface area (TPSA) is 295 Å². The summed E-state index contributed by atoms with van der Waals surface area (Å²) in [7, 11) is 2.39. The number of Topliss-reactive ketones (excluding diaryl/α,β-unsaturated/α-hetero) is 1. The number of carbonyl (C=O) groups excluding carboxylic acids is 4. The summed E-state index contributed by atoms with van der Waals surface area (Å²) in [6, 6.07) is 56.3. The van der Waals surface area contributed by atoms with Crippen molar-refractivity contribution in [2.75, 3.05) is 92.4 Å². The highest BCUT2D eigenvalue weighted by Crippen LogP contribution is 2.40. The second-order valence-electron chi connectivity index (χ2n) is 34.1. The van der Waals surface area contributed by atoms with Crippen molar-refractivity contribution in [2.45, 2.75) is 210 Å². The number of aromatic nitrogens is 2. The molecule has 4 N–H and O–H groups in total. The predicted molar refractivity (Wildman–Crippen MR) is 485 cm³/mol. The van der Waals surface area contributed by atoms with Crippen LogP contribution in [0.25, 0.3) is 0 Å². The molecule has 13 unspecified atom stereocenters. The summed E-state index contributed by atoms with van der Waals surface area (Å²) in [4.78, 5) is 83.2. The number of rotatable bonds is 41. The number of unbranched alkanes of at least 4 members (excludes halogenated alkanes) is 1. The second-order valence-corrected chi connectivity index (χ2v) is 36.8. The number of ketones is 1. The lowest BCUT2D eigenvalue weighted by atomic mass is 9.80. The van der Waals surface area contributed by atoms with Crippen LogP contribution in [0.2, 0.25) is 0 Å². The molecule has 6 aromatic carbocycles. The third kappa shape index (κ3) is 30.8. The number of carbonyl (C=O) groups is 4. The first-order chi connectivity index (χ1) is 61.9. The maximum absolute atomic E-state index is 14.1. The molecule has 0 bridgehead atoms. The average molecular weight is 1830 g/mol. The first kappa shape index (κ1) is 102. The Morgan fingerprint density at radius 2 is 1.44 bits per heavy atom. The van der Waals surface area contributed by atoms with E-state index in [9.17, 15) is 45.0 Å². The molecule has 700 valence electrons. The number of ether oxygens (including phenoxy) is 6. The van der Waals surface area contributed by atoms with E-state index in [1.807, 2.05) is 150 Å². The van der Waals surface area contributed by atoms with Crippen LogP contribution in [-0.4, -0.2) is 207 Å². The van der Waals surface area contributed by atoms with Gasteiger partial charge in [0.25, 0.3) is 10.0 Å². The third-order valence-electron chi connectivity index (χ3n) is 23.0. The molecule has 5 heterocycles. The number of nitrogens with zero attached hydrogens (tertiary/aromatic N) is 6. The Labute approximate surface area is 760 Å². The number of halogens is 3. The van der Waals surface area contributed by atoms with E-state index in [0.717, 1.165) is 95.1 Å². The minimum Gasteiger partial charge on any atom is -0.444 e. The summed E-state index contributed by atoms with van der Waals surface area (Å²) in [5.41, 5.74) is 7.57. The third-order valence-corrected chi connectivity index (χ3v) is 25.4. The number of aryl methyl sites for hydroxylation is 2. The minimum absolute atomic E-state index is 0.0520. The largest absolute Gasteiger partial charge is 0.444 e. The van der Waals surface area contributed by atoms with Crippen LogP contribution in [0, 0.1) is 11.8 Å². The molecule has 0 saturated carbocycles. The number of alkyl halides is 3. The Morgan fingerprint density at radius 3 is 2.05 bits per heavy atom. The van der Waals surface area contributed by atoms with Crippen molar-refractivity contribution in [3.8, 4) is 5.88 Å². The number of methoxy groups -OCH3 is 4. The lowest BCUT2D eigenvalue weighted by Crippen LogP contribution is -2.62. The number of nitrogens with one attached hydrogen (secondary N) is 4. The normalized spacial score (nSPS) is 20.5. The van der Waals surface area contributed by atoms with E-state index < -0.39 is 81.2 Å². The summed E-state index contributed by atoms with van der Waals surface area (Å²) in [5.74, 6) is -1.49. The first-order valence-corrected chi connectivity index (χ1v) is 46.8. The van der Waals surface area contributed by atoms with Crippen LogP contribution in [0.5, 0.6) is 5.88 Å². The number of hydrogen-bond acceptors (Lipinski definition) is 21. The Morgan fingerprint density at radius 1 is 0.760 bits per heavy atom. The molecule has 0 spiro atoms. The van der Waals surface area contributed by atoms with Gasteiger partial charge in [-0.3, -0.25) is 38.7 Å². The van der Waals surface area contributed by atoms with Gasteiger partial charge < -0.3 is 48.6 Å². The highest BCUT2D eigenvalue weighted by atomic mass is 32.2. The van der Waals surface area contributed by atoms with E-state index in [-0.39, 0.29) is 82.3 Å². The van der Waals surface area contributed by atoms with Gasteiger partial charge in [0.1, 0.15) is 32.0 Å². The molecule has 12 rings (SSSR count). The number of pyridine rings is 2. The van der Waals surface area contributed by atoms with Gasteiger partial charge >= 0.3 is 23.5 Å². The van der Waals surface area contributed by atoms with Crippen LogP contribution >= 0.6 is 0 Å². The molecule has 0 radical (unpaired) electrons. The van der Waals surface area contributed by atoms with Crippen molar-refractivity contribution < 1.29 is 96.7 Å². The molecule has 3 fully saturated rings. The molecule has 32 heteroatoms. The van der Waals surface area contributed by atoms with Gasteiger partial charge in [-0.05, 0) is 166 Å². The van der Waals surface area contributed by atoms with E-state index >= 15 is 0 Å². The summed E-state index contributed by atoms with van der Waals surface area (Å²) >= 11 is -2.14. The number of alkyl carbamates (subject to hydrolysis) is 1. The quantitative estimate of drug-likeness (QED) is 0.0204. The molecule has 13 atom stereocenters. The van der Waals surface area contributed by atoms with Crippen molar-refractivity contribution >= 4 is 50.7 Å². The monoisotopic (exact) mass is 1830 g/mol. The fraction of sp³-hybridized carbons (Fsp3) is 0.485. The van der Waals surface area contributed by atoms with Gasteiger partial charge in [0.2, 0.25) is 24.0 Å². The highest BCUT2D eigenvalue weighted by Gasteiger charge is 2.51. The second kappa shape index (κ2) is 49.7. The summed E-state index contributed by atoms with van der Waals surface area (Å²) in [6.07, 6.45) is 4.20. The predicted octanol–water partition coefficient (Wildman–Crippen LogP) is 14.8. The van der Waals surface area contributed by atoms with Crippen LogP contribution in [0.15, 0.2) is 212 Å². The Kier molecular flexibility index (Phi) is 39.1. The number of amides is 3. The lowest BCUT2D eigenvalue weighted by molar-refractivity contribution is -1.11. The van der Waals surface area contributed by atoms with Gasteiger partial charge in [-0.25, -0.2) is 18.2 Å². The molecule has 1 aliphatic carbocycles. The van der Waals surface area contributed by atoms with Gasteiger partial charge in [-0.15, -0.1) is 0 Å². The standard InChI is InChI=1S/C37H49N5O5.C33H41F3N3O5S.C27H38N2O7S/c1-37(2,3)40-36(44)32-24-41(22-27-14-11-17-38-21-27)25-47-42(32)23-30(45-4)19-29(18-26-12-7-6-8-13-26)35(43)39-34-31-16-10-9-15-28(31)20-33(34)46-5;1-4-6-19-39(20-11-14-24-12-8-7-9-13-24)23-29(40)31(32(42-3)43-39)28(5-2)25-15-10-16-27(21-25)38-45(41)44-30-18-17-26(22-37-30)33(34,35)36;1-5-21-11-13-24(14-12-21)37(31,32)29(36-20(2)3)18-26(33-4)25(17-22-9-7-6-8-10-22)28-27(30)35-23-15-16-34-19-23/h6-17,21,29-30,32-34H,18-20,22-25H2,1-5H3,(H,39,43)(H,40,44);7-10,12-13,15-18,21-22,28,31-32,38H,4-6,11,14,19-20,23H2,1-3H3;6-14,20,23,25-26H,5,15-19H2,1-4H3,(H,28,30)/q;+1;. The van der Waals surface area contributed by atoms with E-state index in [1.165, 1.54) is 18.2 Å². The maximum atomic E-state index is 14.1. The number of hydroxylamine groups is 6. The Balaban J connectivity index is 0.000000203. The number of benzene rings is 6. The maximum Gasteiger partial charge on any atom is 0.417 e. The van der Waals surface area contributed by atoms with Crippen LogP contribution < -0.4 is 24.9 Å². The fourth-order valence-electron chi connectivity index (χ4n) is 16.4. The summed E-state index contributed by atoms with van der Waals surface area (Å²) in [6.45, 7) is 19.7. The average Bonchev–Trinajstić information content (AvgIpc) is 1.17. The molecule has 3 aliphatic heterocycles. The SMILES string of the molecule is CCCC[N+]1(CCCc2ccccc2)CC(=O)C(C(CC)c2cccc(NS(=O)Oc3ccc(C(F)(F)F)cn3)c2)C(OC)O1.CCc1ccc(S(=O)(=O)N(CC(OC)C(Cc2ccccc2)NC(=O)OC2CCOC2)OC(C)C)cc1.COC(CC(Cc1ccccc1)C(=O)NC1c2ccccc2CC1OC)CN1OCN(Cc2cccnc2)CC1C(=O)NC(C)(C)C.